The average Bonchev–Trinajstić information content (AvgIpc) is 2.76. The fraction of sp³-hybridized carbons (Fsp3) is 0.419. The molecule has 0 saturated heterocycles. The number of aryl methyl sites for hydroxylation is 3. The first-order valence-corrected chi connectivity index (χ1v) is 11.6. The van der Waals surface area contributed by atoms with Gasteiger partial charge in [0.15, 0.2) is 0 Å². The first kappa shape index (κ1) is 29.9. The first-order valence-electron chi connectivity index (χ1n) is 11.6. The Hall–Kier alpha value is -3.14. The largest absolute Gasteiger partial charge is 0.478 e. The molecule has 0 bridgehead atoms. The summed E-state index contributed by atoms with van der Waals surface area (Å²) in [5.41, 5.74) is 14.0. The highest BCUT2D eigenvalue weighted by Gasteiger charge is 2.22. The molecule has 35 heavy (non-hydrogen) atoms. The third-order valence-electron chi connectivity index (χ3n) is 8.24. The van der Waals surface area contributed by atoms with Crippen molar-refractivity contribution in [2.75, 3.05) is 0 Å². The van der Waals surface area contributed by atoms with Gasteiger partial charge in [0.2, 0.25) is 0 Å². The zero-order chi connectivity index (χ0) is 26.4. The fourth-order valence-corrected chi connectivity index (χ4v) is 5.03. The van der Waals surface area contributed by atoms with E-state index >= 15 is 0 Å². The van der Waals surface area contributed by atoms with E-state index in [1.807, 2.05) is 55.4 Å². The molecule has 0 atom stereocenters. The Kier molecular flexibility index (Phi) is 9.08. The quantitative estimate of drug-likeness (QED) is 0.389. The van der Waals surface area contributed by atoms with E-state index in [1.54, 1.807) is 0 Å². The summed E-state index contributed by atoms with van der Waals surface area (Å²) in [7, 11) is 0. The summed E-state index contributed by atoms with van der Waals surface area (Å²) in [5, 5.41) is 20.8. The number of fused-ring (bicyclic) bond motifs is 1. The molecule has 0 heterocycles. The third kappa shape index (κ3) is 4.84. The third-order valence-corrected chi connectivity index (χ3v) is 8.24. The molecule has 0 aromatic heterocycles. The van der Waals surface area contributed by atoms with Crippen molar-refractivity contribution in [2.24, 2.45) is 0 Å². The lowest BCUT2D eigenvalue weighted by Crippen LogP contribution is -2.08. The molecule has 4 heteroatoms. The maximum absolute atomic E-state index is 11.8. The summed E-state index contributed by atoms with van der Waals surface area (Å²) in [6, 6.07) is 0. The number of carbonyl (C=O) groups is 2. The van der Waals surface area contributed by atoms with Crippen LogP contribution in [0.15, 0.2) is 0 Å². The van der Waals surface area contributed by atoms with E-state index in [0.717, 1.165) is 49.7 Å². The lowest BCUT2D eigenvalue weighted by Gasteiger charge is -2.21. The minimum Gasteiger partial charge on any atom is -0.478 e. The predicted octanol–water partition coefficient (Wildman–Crippen LogP) is 8.26. The highest BCUT2D eigenvalue weighted by atomic mass is 16.4. The van der Waals surface area contributed by atoms with Gasteiger partial charge in [0.1, 0.15) is 0 Å². The minimum atomic E-state index is -0.832. The summed E-state index contributed by atoms with van der Waals surface area (Å²) in [6.45, 7) is 24.1. The summed E-state index contributed by atoms with van der Waals surface area (Å²) in [5.74, 6) is -1.66. The zero-order valence-electron chi connectivity index (χ0n) is 22.7. The molecular formula is C31H42O4. The summed E-state index contributed by atoms with van der Waals surface area (Å²) >= 11 is 0. The number of benzene rings is 3. The van der Waals surface area contributed by atoms with E-state index in [0.29, 0.717) is 11.1 Å². The Balaban J connectivity index is 0.000000362. The molecule has 0 unspecified atom stereocenters. The van der Waals surface area contributed by atoms with E-state index in [2.05, 4.69) is 27.7 Å². The number of hydrogen-bond donors (Lipinski definition) is 2. The standard InChI is InChI=1S/C18H22O2.C12H16O2.CH4/c1-8-9(2)13(6)16-15(11(8)4)12(5)10(3)14(7)17(16)18(19)20;1-6-7(2)9(4)11(12(13)14)10(5)8(6)3;/h1-7H3,(H,19,20);1-5H3,(H,13,14);1H4. The van der Waals surface area contributed by atoms with Crippen molar-refractivity contribution in [3.63, 3.8) is 0 Å². The van der Waals surface area contributed by atoms with Gasteiger partial charge in [-0.1, -0.05) is 7.43 Å². The molecular weight excluding hydrogens is 436 g/mol. The molecule has 4 nitrogen and oxygen atoms in total. The van der Waals surface area contributed by atoms with Crippen LogP contribution in [0.4, 0.5) is 0 Å². The first-order chi connectivity index (χ1) is 15.6. The second-order valence-corrected chi connectivity index (χ2v) is 9.61. The van der Waals surface area contributed by atoms with Crippen LogP contribution in [-0.2, 0) is 0 Å². The molecule has 2 N–H and O–H groups in total. The van der Waals surface area contributed by atoms with Crippen molar-refractivity contribution in [3.05, 3.63) is 77.9 Å². The van der Waals surface area contributed by atoms with Gasteiger partial charge in [-0.2, -0.15) is 0 Å². The Labute approximate surface area is 211 Å². The van der Waals surface area contributed by atoms with Crippen LogP contribution in [0.3, 0.4) is 0 Å². The molecule has 3 aromatic carbocycles. The minimum absolute atomic E-state index is 0. The van der Waals surface area contributed by atoms with Crippen LogP contribution in [0.1, 0.15) is 94.9 Å². The predicted molar refractivity (Wildman–Crippen MR) is 148 cm³/mol. The number of carboxylic acid groups (broad SMARTS) is 2. The molecule has 0 radical (unpaired) electrons. The molecule has 0 aliphatic heterocycles. The summed E-state index contributed by atoms with van der Waals surface area (Å²) in [4.78, 5) is 22.8. The van der Waals surface area contributed by atoms with Crippen molar-refractivity contribution in [1.29, 1.82) is 0 Å². The van der Waals surface area contributed by atoms with Crippen molar-refractivity contribution >= 4 is 22.7 Å². The molecule has 0 fully saturated rings. The lowest BCUT2D eigenvalue weighted by molar-refractivity contribution is 0.0685. The molecule has 0 saturated carbocycles. The van der Waals surface area contributed by atoms with Crippen LogP contribution in [0.5, 0.6) is 0 Å². The van der Waals surface area contributed by atoms with Gasteiger partial charge in [-0.25, -0.2) is 9.59 Å². The Bertz CT molecular complexity index is 1320. The SMILES string of the molecule is C.Cc1c(C)c(C)c(C(=O)O)c(C)c1C.Cc1c(C)c(C)c2c(C(=O)O)c(C)c(C)c(C)c2c1C. The number of hydrogen-bond acceptors (Lipinski definition) is 2. The molecule has 0 aliphatic rings. The van der Waals surface area contributed by atoms with Crippen molar-refractivity contribution in [1.82, 2.24) is 0 Å². The summed E-state index contributed by atoms with van der Waals surface area (Å²) in [6.07, 6.45) is 0. The molecule has 190 valence electrons. The molecule has 0 aliphatic carbocycles. The number of rotatable bonds is 2. The molecule has 3 aromatic rings. The van der Waals surface area contributed by atoms with E-state index in [-0.39, 0.29) is 7.43 Å². The highest BCUT2D eigenvalue weighted by Crippen LogP contribution is 2.37. The maximum Gasteiger partial charge on any atom is 0.336 e. The monoisotopic (exact) mass is 478 g/mol. The van der Waals surface area contributed by atoms with Crippen molar-refractivity contribution in [3.8, 4) is 0 Å². The molecule has 0 spiro atoms. The average molecular weight is 479 g/mol. The highest BCUT2D eigenvalue weighted by molar-refractivity contribution is 6.09. The van der Waals surface area contributed by atoms with E-state index < -0.39 is 11.9 Å². The van der Waals surface area contributed by atoms with E-state index in [1.165, 1.54) is 27.8 Å². The van der Waals surface area contributed by atoms with Crippen LogP contribution in [0, 0.1) is 83.1 Å². The van der Waals surface area contributed by atoms with Crippen LogP contribution in [0.2, 0.25) is 0 Å². The van der Waals surface area contributed by atoms with Crippen LogP contribution in [0.25, 0.3) is 10.8 Å². The van der Waals surface area contributed by atoms with Gasteiger partial charge in [-0.15, -0.1) is 0 Å². The second-order valence-electron chi connectivity index (χ2n) is 9.61. The van der Waals surface area contributed by atoms with Gasteiger partial charge in [-0.05, 0) is 155 Å². The smallest absolute Gasteiger partial charge is 0.336 e. The van der Waals surface area contributed by atoms with Crippen LogP contribution < -0.4 is 0 Å². The second kappa shape index (κ2) is 10.6. The lowest BCUT2D eigenvalue weighted by atomic mass is 9.83. The van der Waals surface area contributed by atoms with Gasteiger partial charge in [0, 0.05) is 5.39 Å². The van der Waals surface area contributed by atoms with E-state index in [9.17, 15) is 14.7 Å². The molecule has 0 amide bonds. The zero-order valence-corrected chi connectivity index (χ0v) is 22.7. The van der Waals surface area contributed by atoms with E-state index in [4.69, 9.17) is 5.11 Å². The van der Waals surface area contributed by atoms with Gasteiger partial charge in [-0.3, -0.25) is 0 Å². The van der Waals surface area contributed by atoms with Crippen LogP contribution in [-0.4, -0.2) is 22.2 Å². The Morgan fingerprint density at radius 2 is 0.600 bits per heavy atom. The summed E-state index contributed by atoms with van der Waals surface area (Å²) < 4.78 is 0. The van der Waals surface area contributed by atoms with Gasteiger partial charge in [0.05, 0.1) is 11.1 Å². The number of carboxylic acids is 2. The fourth-order valence-electron chi connectivity index (χ4n) is 5.03. The Morgan fingerprint density at radius 3 is 0.943 bits per heavy atom. The van der Waals surface area contributed by atoms with Crippen LogP contribution >= 0.6 is 0 Å². The Morgan fingerprint density at radius 1 is 0.371 bits per heavy atom. The van der Waals surface area contributed by atoms with Crippen molar-refractivity contribution in [2.45, 2.75) is 90.5 Å². The molecule has 3 rings (SSSR count). The number of aromatic carboxylic acids is 2. The normalized spacial score (nSPS) is 10.5. The van der Waals surface area contributed by atoms with Gasteiger partial charge >= 0.3 is 11.9 Å². The topological polar surface area (TPSA) is 74.6 Å². The van der Waals surface area contributed by atoms with Gasteiger partial charge < -0.3 is 10.2 Å². The van der Waals surface area contributed by atoms with Crippen molar-refractivity contribution < 1.29 is 19.8 Å². The maximum atomic E-state index is 11.8. The van der Waals surface area contributed by atoms with Gasteiger partial charge in [0.25, 0.3) is 0 Å².